The maximum absolute atomic E-state index is 12.6. The minimum Gasteiger partial charge on any atom is -0.499 e. The maximum atomic E-state index is 12.6. The summed E-state index contributed by atoms with van der Waals surface area (Å²) in [5, 5.41) is 21.4. The van der Waals surface area contributed by atoms with Crippen molar-refractivity contribution in [3.8, 4) is 11.5 Å². The molecule has 1 N–H and O–H groups in total. The number of methoxy groups -OCH3 is 1. The fraction of sp³-hybridized carbons (Fsp3) is 0.467. The number of aromatic hydroxyl groups is 1. The van der Waals surface area contributed by atoms with Crippen molar-refractivity contribution >= 4 is 17.4 Å². The normalized spacial score (nSPS) is 11.0. The smallest absolute Gasteiger partial charge is 0.339 e. The minimum atomic E-state index is -1.01. The summed E-state index contributed by atoms with van der Waals surface area (Å²) in [6.07, 6.45) is 0. The third kappa shape index (κ3) is 3.58. The Hall–Kier alpha value is -2.64. The molecule has 0 aliphatic carbocycles. The summed E-state index contributed by atoms with van der Waals surface area (Å²) in [4.78, 5) is 35.2. The number of carbonyl (C=O) groups excluding carboxylic acids is 2. The summed E-state index contributed by atoms with van der Waals surface area (Å²) in [7, 11) is 1.18. The molecule has 0 fully saturated rings. The zero-order valence-corrected chi connectivity index (χ0v) is 13.6. The van der Waals surface area contributed by atoms with Crippen molar-refractivity contribution in [2.45, 2.75) is 27.7 Å². The molecule has 1 rings (SSSR count). The number of rotatable bonds is 5. The van der Waals surface area contributed by atoms with Gasteiger partial charge in [0.15, 0.2) is 11.5 Å². The monoisotopic (exact) mass is 325 g/mol. The van der Waals surface area contributed by atoms with Gasteiger partial charge < -0.3 is 14.6 Å². The summed E-state index contributed by atoms with van der Waals surface area (Å²) in [6, 6.07) is 1.07. The largest absolute Gasteiger partial charge is 0.499 e. The number of benzene rings is 1. The number of ether oxygens (including phenoxy) is 2. The van der Waals surface area contributed by atoms with Crippen LogP contribution >= 0.6 is 0 Å². The van der Waals surface area contributed by atoms with Crippen LogP contribution in [-0.4, -0.2) is 35.5 Å². The molecule has 0 aromatic heterocycles. The molecule has 0 aliphatic rings. The van der Waals surface area contributed by atoms with Gasteiger partial charge in [-0.2, -0.15) is 0 Å². The van der Waals surface area contributed by atoms with Crippen molar-refractivity contribution in [1.29, 1.82) is 0 Å². The second kappa shape index (κ2) is 6.64. The number of hydrogen-bond donors (Lipinski definition) is 1. The van der Waals surface area contributed by atoms with E-state index in [1.807, 2.05) is 0 Å². The average Bonchev–Trinajstić information content (AvgIpc) is 2.44. The molecule has 0 radical (unpaired) electrons. The van der Waals surface area contributed by atoms with Crippen LogP contribution in [0.3, 0.4) is 0 Å². The molecule has 0 atom stereocenters. The van der Waals surface area contributed by atoms with Crippen molar-refractivity contribution in [3.05, 3.63) is 27.3 Å². The summed E-state index contributed by atoms with van der Waals surface area (Å²) in [6.45, 7) is 6.24. The fourth-order valence-electron chi connectivity index (χ4n) is 1.94. The number of phenols is 1. The van der Waals surface area contributed by atoms with Crippen molar-refractivity contribution in [2.24, 2.45) is 5.41 Å². The Morgan fingerprint density at radius 1 is 1.35 bits per heavy atom. The van der Waals surface area contributed by atoms with E-state index in [-0.39, 0.29) is 17.9 Å². The molecule has 1 aromatic carbocycles. The molecule has 0 saturated heterocycles. The molecule has 0 bridgehead atoms. The SMILES string of the molecule is CCOC(=O)c1cc(OC)c(O)c([N+](=O)[O-])c1C(=O)C(C)(C)C. The van der Waals surface area contributed by atoms with Gasteiger partial charge in [-0.05, 0) is 13.0 Å². The van der Waals surface area contributed by atoms with Gasteiger partial charge in [0.2, 0.25) is 5.75 Å². The van der Waals surface area contributed by atoms with Gasteiger partial charge in [-0.3, -0.25) is 14.9 Å². The highest BCUT2D eigenvalue weighted by atomic mass is 16.6. The van der Waals surface area contributed by atoms with Gasteiger partial charge in [-0.15, -0.1) is 0 Å². The third-order valence-electron chi connectivity index (χ3n) is 3.05. The number of hydrogen-bond acceptors (Lipinski definition) is 7. The van der Waals surface area contributed by atoms with Gasteiger partial charge in [-0.1, -0.05) is 20.8 Å². The first-order valence-electron chi connectivity index (χ1n) is 6.86. The molecule has 0 aliphatic heterocycles. The molecule has 0 amide bonds. The average molecular weight is 325 g/mol. The van der Waals surface area contributed by atoms with Gasteiger partial charge in [0.1, 0.15) is 5.56 Å². The molecule has 0 unspecified atom stereocenters. The van der Waals surface area contributed by atoms with E-state index in [4.69, 9.17) is 9.47 Å². The summed E-state index contributed by atoms with van der Waals surface area (Å²) < 4.78 is 9.71. The van der Waals surface area contributed by atoms with E-state index in [2.05, 4.69) is 0 Å². The highest BCUT2D eigenvalue weighted by molar-refractivity contribution is 6.12. The van der Waals surface area contributed by atoms with Gasteiger partial charge in [-0.25, -0.2) is 4.79 Å². The topological polar surface area (TPSA) is 116 Å². The number of nitro benzene ring substituents is 1. The molecule has 8 heteroatoms. The number of nitro groups is 1. The van der Waals surface area contributed by atoms with Gasteiger partial charge in [0.05, 0.1) is 24.2 Å². The lowest BCUT2D eigenvalue weighted by atomic mass is 9.83. The molecular weight excluding hydrogens is 306 g/mol. The lowest BCUT2D eigenvalue weighted by Crippen LogP contribution is -2.25. The van der Waals surface area contributed by atoms with E-state index in [9.17, 15) is 24.8 Å². The van der Waals surface area contributed by atoms with Gasteiger partial charge >= 0.3 is 11.7 Å². The van der Waals surface area contributed by atoms with E-state index in [0.717, 1.165) is 6.07 Å². The number of nitrogens with zero attached hydrogens (tertiary/aromatic N) is 1. The lowest BCUT2D eigenvalue weighted by Gasteiger charge is -2.19. The molecule has 23 heavy (non-hydrogen) atoms. The number of carbonyl (C=O) groups is 2. The zero-order valence-electron chi connectivity index (χ0n) is 13.6. The molecule has 0 saturated carbocycles. The molecule has 1 aromatic rings. The van der Waals surface area contributed by atoms with Crippen LogP contribution in [0.5, 0.6) is 11.5 Å². The van der Waals surface area contributed by atoms with E-state index in [1.54, 1.807) is 27.7 Å². The molecule has 8 nitrogen and oxygen atoms in total. The first-order chi connectivity index (χ1) is 10.6. The summed E-state index contributed by atoms with van der Waals surface area (Å²) >= 11 is 0. The van der Waals surface area contributed by atoms with Crippen LogP contribution in [0, 0.1) is 15.5 Å². The van der Waals surface area contributed by atoms with Crippen LogP contribution in [0.1, 0.15) is 48.4 Å². The van der Waals surface area contributed by atoms with E-state index in [1.165, 1.54) is 7.11 Å². The number of Topliss-reactive ketones (excluding diaryl/α,β-unsaturated/α-hetero) is 1. The lowest BCUT2D eigenvalue weighted by molar-refractivity contribution is -0.386. The van der Waals surface area contributed by atoms with Crippen LogP contribution in [0.25, 0.3) is 0 Å². The molecule has 126 valence electrons. The first kappa shape index (κ1) is 18.4. The first-order valence-corrected chi connectivity index (χ1v) is 6.86. The van der Waals surface area contributed by atoms with Crippen molar-refractivity contribution in [3.63, 3.8) is 0 Å². The highest BCUT2D eigenvalue weighted by Crippen LogP contribution is 2.43. The van der Waals surface area contributed by atoms with Crippen molar-refractivity contribution in [1.82, 2.24) is 0 Å². The van der Waals surface area contributed by atoms with Crippen molar-refractivity contribution in [2.75, 3.05) is 13.7 Å². The minimum absolute atomic E-state index is 0.0268. The van der Waals surface area contributed by atoms with E-state index in [0.29, 0.717) is 0 Å². The second-order valence-electron chi connectivity index (χ2n) is 5.76. The quantitative estimate of drug-likeness (QED) is 0.383. The number of phenolic OH excluding ortho intramolecular Hbond substituents is 1. The zero-order chi connectivity index (χ0) is 17.9. The Morgan fingerprint density at radius 2 is 1.91 bits per heavy atom. The Kier molecular flexibility index (Phi) is 5.31. The Balaban J connectivity index is 3.86. The van der Waals surface area contributed by atoms with Gasteiger partial charge in [0.25, 0.3) is 0 Å². The van der Waals surface area contributed by atoms with E-state index < -0.39 is 39.1 Å². The molecular formula is C15H19NO7. The van der Waals surface area contributed by atoms with Crippen LogP contribution in [-0.2, 0) is 4.74 Å². The highest BCUT2D eigenvalue weighted by Gasteiger charge is 2.38. The summed E-state index contributed by atoms with van der Waals surface area (Å²) in [5.41, 5.74) is -2.67. The van der Waals surface area contributed by atoms with Crippen molar-refractivity contribution < 1.29 is 29.1 Å². The Labute approximate surface area is 133 Å². The van der Waals surface area contributed by atoms with Crippen LogP contribution in [0.4, 0.5) is 5.69 Å². The maximum Gasteiger partial charge on any atom is 0.339 e. The molecule has 0 heterocycles. The second-order valence-corrected chi connectivity index (χ2v) is 5.76. The van der Waals surface area contributed by atoms with Crippen LogP contribution in [0.2, 0.25) is 0 Å². The predicted molar refractivity (Wildman–Crippen MR) is 81.1 cm³/mol. The van der Waals surface area contributed by atoms with Gasteiger partial charge in [0, 0.05) is 5.41 Å². The number of ketones is 1. The van der Waals surface area contributed by atoms with E-state index >= 15 is 0 Å². The predicted octanol–water partition coefficient (Wildman–Crippen LogP) is 2.71. The summed E-state index contributed by atoms with van der Waals surface area (Å²) in [5.74, 6) is -2.66. The fourth-order valence-corrected chi connectivity index (χ4v) is 1.94. The Morgan fingerprint density at radius 3 is 2.30 bits per heavy atom. The third-order valence-corrected chi connectivity index (χ3v) is 3.05. The van der Waals surface area contributed by atoms with Crippen LogP contribution < -0.4 is 4.74 Å². The molecule has 0 spiro atoms. The Bertz CT molecular complexity index is 659. The standard InChI is InChI=1S/C15H19NO7/c1-6-23-14(19)8-7-9(22-5)12(17)11(16(20)21)10(8)13(18)15(2,3)4/h7,17H,6H2,1-5H3. The van der Waals surface area contributed by atoms with Crippen LogP contribution in [0.15, 0.2) is 6.07 Å². The number of esters is 1.